The van der Waals surface area contributed by atoms with Gasteiger partial charge in [0.1, 0.15) is 17.7 Å². The van der Waals surface area contributed by atoms with E-state index in [1.54, 1.807) is 24.7 Å². The lowest BCUT2D eigenvalue weighted by atomic mass is 9.72. The number of aliphatic imine (C=N–C) groups is 1. The van der Waals surface area contributed by atoms with Gasteiger partial charge in [0.05, 0.1) is 17.1 Å². The van der Waals surface area contributed by atoms with Gasteiger partial charge in [-0.1, -0.05) is 50.6 Å². The monoisotopic (exact) mass is 570 g/mol. The van der Waals surface area contributed by atoms with Gasteiger partial charge in [0, 0.05) is 21.7 Å². The van der Waals surface area contributed by atoms with Crippen molar-refractivity contribution in [1.82, 2.24) is 0 Å². The van der Waals surface area contributed by atoms with Crippen LogP contribution in [0.15, 0.2) is 45.9 Å². The minimum absolute atomic E-state index is 0.260. The highest BCUT2D eigenvalue weighted by molar-refractivity contribution is 9.10. The smallest absolute Gasteiger partial charge is 0.175 e. The Balaban J connectivity index is 1.57. The molecule has 0 bridgehead atoms. The summed E-state index contributed by atoms with van der Waals surface area (Å²) in [5.74, 6) is 1.81. The molecule has 4 nitrogen and oxygen atoms in total. The van der Waals surface area contributed by atoms with E-state index < -0.39 is 0 Å². The van der Waals surface area contributed by atoms with Crippen LogP contribution in [0.4, 0.5) is 5.00 Å². The highest BCUT2D eigenvalue weighted by Gasteiger charge is 2.32. The minimum atomic E-state index is 0.260. The van der Waals surface area contributed by atoms with Gasteiger partial charge in [-0.3, -0.25) is 0 Å². The highest BCUT2D eigenvalue weighted by Crippen LogP contribution is 2.45. The van der Waals surface area contributed by atoms with Crippen molar-refractivity contribution in [3.05, 3.63) is 73.0 Å². The first-order valence-electron chi connectivity index (χ1n) is 11.5. The Hall–Kier alpha value is -2.33. The summed E-state index contributed by atoms with van der Waals surface area (Å²) in [5.41, 5.74) is 3.91. The number of rotatable bonds is 6. The Kier molecular flexibility index (Phi) is 7.90. The predicted octanol–water partition coefficient (Wildman–Crippen LogP) is 8.52. The van der Waals surface area contributed by atoms with Crippen molar-refractivity contribution in [2.75, 3.05) is 7.11 Å². The lowest BCUT2D eigenvalue weighted by Crippen LogP contribution is -2.26. The maximum absolute atomic E-state index is 9.85. The van der Waals surface area contributed by atoms with E-state index in [-0.39, 0.29) is 5.41 Å². The molecule has 1 heterocycles. The number of fused-ring (bicyclic) bond motifs is 1. The number of nitriles is 1. The fourth-order valence-corrected chi connectivity index (χ4v) is 6.36. The predicted molar refractivity (Wildman–Crippen MR) is 148 cm³/mol. The lowest BCUT2D eigenvalue weighted by molar-refractivity contribution is 0.218. The quantitative estimate of drug-likeness (QED) is 0.279. The fourth-order valence-electron chi connectivity index (χ4n) is 4.37. The summed E-state index contributed by atoms with van der Waals surface area (Å²) in [4.78, 5) is 6.03. The van der Waals surface area contributed by atoms with Crippen LogP contribution in [-0.2, 0) is 19.4 Å². The first kappa shape index (κ1) is 25.8. The van der Waals surface area contributed by atoms with Gasteiger partial charge >= 0.3 is 0 Å². The second kappa shape index (κ2) is 10.7. The summed E-state index contributed by atoms with van der Waals surface area (Å²) in [7, 11) is 1.61. The second-order valence-electron chi connectivity index (χ2n) is 9.77. The van der Waals surface area contributed by atoms with Crippen molar-refractivity contribution >= 4 is 50.1 Å². The lowest BCUT2D eigenvalue weighted by Gasteiger charge is -2.33. The van der Waals surface area contributed by atoms with Crippen LogP contribution in [0.1, 0.15) is 54.3 Å². The largest absolute Gasteiger partial charge is 0.493 e. The summed E-state index contributed by atoms with van der Waals surface area (Å²) >= 11 is 11.5. The van der Waals surface area contributed by atoms with Crippen LogP contribution in [-0.4, -0.2) is 13.3 Å². The molecule has 4 rings (SSSR count). The van der Waals surface area contributed by atoms with E-state index in [2.05, 4.69) is 42.8 Å². The van der Waals surface area contributed by atoms with Gasteiger partial charge in [0.15, 0.2) is 11.5 Å². The third kappa shape index (κ3) is 5.74. The SMILES string of the molecule is COc1cc(C=Nc2sc3c(c2C#N)CC[C@@H](C(C)(C)C)C3)cc(Br)c1OCc1ccccc1Cl. The van der Waals surface area contributed by atoms with Crippen LogP contribution in [0.3, 0.4) is 0 Å². The van der Waals surface area contributed by atoms with Crippen LogP contribution < -0.4 is 9.47 Å². The number of hydrogen-bond acceptors (Lipinski definition) is 5. The number of hydrogen-bond donors (Lipinski definition) is 0. The van der Waals surface area contributed by atoms with Crippen LogP contribution in [0.25, 0.3) is 0 Å². The van der Waals surface area contributed by atoms with Gasteiger partial charge in [0.25, 0.3) is 0 Å². The van der Waals surface area contributed by atoms with Gasteiger partial charge < -0.3 is 9.47 Å². The van der Waals surface area contributed by atoms with Gasteiger partial charge in [-0.25, -0.2) is 4.99 Å². The fraction of sp³-hybridized carbons (Fsp3) is 0.357. The molecule has 7 heteroatoms. The molecule has 35 heavy (non-hydrogen) atoms. The summed E-state index contributed by atoms with van der Waals surface area (Å²) in [6.45, 7) is 7.22. The first-order chi connectivity index (χ1) is 16.7. The topological polar surface area (TPSA) is 54.6 Å². The maximum Gasteiger partial charge on any atom is 0.175 e. The Labute approximate surface area is 224 Å². The van der Waals surface area contributed by atoms with Crippen molar-refractivity contribution in [2.24, 2.45) is 16.3 Å². The third-order valence-electron chi connectivity index (χ3n) is 6.50. The van der Waals surface area contributed by atoms with E-state index in [1.165, 1.54) is 10.4 Å². The second-order valence-corrected chi connectivity index (χ2v) is 12.1. The molecule has 1 aliphatic carbocycles. The molecular weight excluding hydrogens is 544 g/mol. The summed E-state index contributed by atoms with van der Waals surface area (Å²) < 4.78 is 12.4. The number of nitrogens with zero attached hydrogens (tertiary/aromatic N) is 2. The number of thiophene rings is 1. The molecule has 2 aromatic carbocycles. The highest BCUT2D eigenvalue weighted by atomic mass is 79.9. The Morgan fingerprint density at radius 1 is 1.29 bits per heavy atom. The normalized spacial score (nSPS) is 15.6. The Bertz CT molecular complexity index is 1300. The molecule has 1 aromatic heterocycles. The van der Waals surface area contributed by atoms with Crippen LogP contribution in [0.5, 0.6) is 11.5 Å². The molecule has 0 amide bonds. The molecule has 0 fully saturated rings. The van der Waals surface area contributed by atoms with E-state index >= 15 is 0 Å². The summed E-state index contributed by atoms with van der Waals surface area (Å²) in [6, 6.07) is 13.8. The molecule has 0 spiro atoms. The molecule has 0 aliphatic heterocycles. The van der Waals surface area contributed by atoms with Gasteiger partial charge in [-0.05, 0) is 75.9 Å². The van der Waals surface area contributed by atoms with Gasteiger partial charge in [0.2, 0.25) is 0 Å². The van der Waals surface area contributed by atoms with Gasteiger partial charge in [-0.15, -0.1) is 11.3 Å². The number of benzene rings is 2. The molecule has 0 unspecified atom stereocenters. The van der Waals surface area contributed by atoms with E-state index in [0.29, 0.717) is 29.0 Å². The molecule has 182 valence electrons. The zero-order valence-electron chi connectivity index (χ0n) is 20.3. The van der Waals surface area contributed by atoms with E-state index in [9.17, 15) is 5.26 Å². The van der Waals surface area contributed by atoms with Crippen molar-refractivity contribution in [3.63, 3.8) is 0 Å². The van der Waals surface area contributed by atoms with E-state index in [4.69, 9.17) is 26.1 Å². The van der Waals surface area contributed by atoms with Crippen molar-refractivity contribution in [1.29, 1.82) is 5.26 Å². The molecule has 0 saturated carbocycles. The van der Waals surface area contributed by atoms with Gasteiger partial charge in [-0.2, -0.15) is 5.26 Å². The zero-order chi connectivity index (χ0) is 25.2. The van der Waals surface area contributed by atoms with Crippen molar-refractivity contribution < 1.29 is 9.47 Å². The number of methoxy groups -OCH3 is 1. The Morgan fingerprint density at radius 2 is 2.06 bits per heavy atom. The Morgan fingerprint density at radius 3 is 2.74 bits per heavy atom. The molecule has 0 saturated heterocycles. The number of halogens is 2. The van der Waals surface area contributed by atoms with Crippen molar-refractivity contribution in [2.45, 2.75) is 46.6 Å². The van der Waals surface area contributed by atoms with E-state index in [0.717, 1.165) is 45.4 Å². The van der Waals surface area contributed by atoms with Crippen molar-refractivity contribution in [3.8, 4) is 17.6 Å². The average Bonchev–Trinajstić information content (AvgIpc) is 3.18. The minimum Gasteiger partial charge on any atom is -0.493 e. The molecule has 3 aromatic rings. The van der Waals surface area contributed by atoms with E-state index in [1.807, 2.05) is 36.4 Å². The summed E-state index contributed by atoms with van der Waals surface area (Å²) in [5, 5.41) is 11.3. The number of ether oxygens (including phenoxy) is 2. The first-order valence-corrected chi connectivity index (χ1v) is 13.5. The van der Waals surface area contributed by atoms with Crippen LogP contribution >= 0.6 is 38.9 Å². The van der Waals surface area contributed by atoms with Crippen LogP contribution in [0.2, 0.25) is 5.02 Å². The molecule has 0 N–H and O–H groups in total. The molecule has 0 radical (unpaired) electrons. The standard InChI is InChI=1S/C28H28BrClN2O2S/c1-28(2,3)19-9-10-20-21(14-31)27(35-25(20)13-19)32-15-17-11-22(29)26(24(12-17)33-4)34-16-18-7-5-6-8-23(18)30/h5-8,11-12,15,19H,9-10,13,16H2,1-4H3/t19-/m1/s1. The molecule has 1 atom stereocenters. The summed E-state index contributed by atoms with van der Waals surface area (Å²) in [6.07, 6.45) is 4.86. The molecule has 1 aliphatic rings. The zero-order valence-corrected chi connectivity index (χ0v) is 23.5. The molecular formula is C28H28BrClN2O2S. The average molecular weight is 572 g/mol. The third-order valence-corrected chi connectivity index (χ3v) is 8.62. The maximum atomic E-state index is 9.85. The van der Waals surface area contributed by atoms with Crippen LogP contribution in [0, 0.1) is 22.7 Å².